The number of hydrogen-bond donors (Lipinski definition) is 0. The van der Waals surface area contributed by atoms with Crippen LogP contribution in [-0.2, 0) is 15.7 Å². The van der Waals surface area contributed by atoms with Gasteiger partial charge in [0, 0.05) is 23.4 Å². The van der Waals surface area contributed by atoms with E-state index in [4.69, 9.17) is 9.47 Å². The molecule has 0 fully saturated rings. The number of aromatic nitrogens is 1. The number of rotatable bonds is 5. The van der Waals surface area contributed by atoms with Crippen molar-refractivity contribution in [2.45, 2.75) is 45.9 Å². The molecule has 0 aliphatic carbocycles. The fraction of sp³-hybridized carbons (Fsp3) is 0.409. The highest BCUT2D eigenvalue weighted by Gasteiger charge is 2.45. The Hall–Kier alpha value is -2.90. The van der Waals surface area contributed by atoms with Gasteiger partial charge in [0.25, 0.3) is 0 Å². The van der Waals surface area contributed by atoms with E-state index in [0.29, 0.717) is 17.0 Å². The molecule has 1 aliphatic rings. The summed E-state index contributed by atoms with van der Waals surface area (Å²) in [5.74, 6) is -2.50. The van der Waals surface area contributed by atoms with Gasteiger partial charge in [-0.05, 0) is 45.4 Å². The van der Waals surface area contributed by atoms with Crippen molar-refractivity contribution in [3.63, 3.8) is 0 Å². The quantitative estimate of drug-likeness (QED) is 0.616. The first-order valence-corrected chi connectivity index (χ1v) is 9.68. The standard InChI is InChI=1S/C22H23F3N2O3/c1-5-29-21(28)17-13(4)27-16-10-11-26-20(30-12(2)3)19(16)18(17)14-8-6-7-9-15(14)22(23,24)25/h6-12,17-18H,5H2,1-4H3. The number of esters is 1. The summed E-state index contributed by atoms with van der Waals surface area (Å²) in [6, 6.07) is 6.85. The lowest BCUT2D eigenvalue weighted by Gasteiger charge is -2.33. The van der Waals surface area contributed by atoms with Crippen molar-refractivity contribution in [1.82, 2.24) is 4.98 Å². The molecule has 3 rings (SSSR count). The minimum Gasteiger partial charge on any atom is -0.475 e. The Morgan fingerprint density at radius 3 is 2.53 bits per heavy atom. The topological polar surface area (TPSA) is 60.8 Å². The van der Waals surface area contributed by atoms with Gasteiger partial charge in [-0.2, -0.15) is 13.2 Å². The molecule has 1 aromatic heterocycles. The fourth-order valence-corrected chi connectivity index (χ4v) is 3.72. The molecule has 8 heteroatoms. The van der Waals surface area contributed by atoms with Gasteiger partial charge in [-0.1, -0.05) is 18.2 Å². The van der Waals surface area contributed by atoms with Crippen LogP contribution in [0, 0.1) is 5.92 Å². The van der Waals surface area contributed by atoms with Crippen LogP contribution >= 0.6 is 0 Å². The van der Waals surface area contributed by atoms with E-state index < -0.39 is 29.5 Å². The zero-order chi connectivity index (χ0) is 22.1. The average molecular weight is 420 g/mol. The van der Waals surface area contributed by atoms with E-state index in [9.17, 15) is 18.0 Å². The number of fused-ring (bicyclic) bond motifs is 1. The lowest BCUT2D eigenvalue weighted by Crippen LogP contribution is -2.35. The van der Waals surface area contributed by atoms with E-state index >= 15 is 0 Å². The summed E-state index contributed by atoms with van der Waals surface area (Å²) in [4.78, 5) is 21.6. The highest BCUT2D eigenvalue weighted by molar-refractivity contribution is 6.05. The molecule has 0 N–H and O–H groups in total. The molecular formula is C22H23F3N2O3. The molecule has 1 aliphatic heterocycles. The number of benzene rings is 1. The van der Waals surface area contributed by atoms with E-state index in [1.165, 1.54) is 24.4 Å². The van der Waals surface area contributed by atoms with Gasteiger partial charge in [0.15, 0.2) is 0 Å². The minimum atomic E-state index is -4.60. The summed E-state index contributed by atoms with van der Waals surface area (Å²) in [6.45, 7) is 6.96. The second kappa shape index (κ2) is 8.45. The Morgan fingerprint density at radius 1 is 1.20 bits per heavy atom. The summed E-state index contributed by atoms with van der Waals surface area (Å²) >= 11 is 0. The molecule has 0 radical (unpaired) electrons. The van der Waals surface area contributed by atoms with E-state index in [-0.39, 0.29) is 24.2 Å². The van der Waals surface area contributed by atoms with Crippen molar-refractivity contribution in [1.29, 1.82) is 0 Å². The van der Waals surface area contributed by atoms with Gasteiger partial charge in [-0.15, -0.1) is 0 Å². The first kappa shape index (κ1) is 21.8. The highest BCUT2D eigenvalue weighted by Crippen LogP contribution is 2.49. The normalized spacial score (nSPS) is 18.6. The number of alkyl halides is 3. The van der Waals surface area contributed by atoms with E-state index in [2.05, 4.69) is 9.98 Å². The number of carbonyl (C=O) groups is 1. The van der Waals surface area contributed by atoms with E-state index in [0.717, 1.165) is 6.07 Å². The maximum Gasteiger partial charge on any atom is 0.416 e. The summed E-state index contributed by atoms with van der Waals surface area (Å²) in [5.41, 5.74) is 0.307. The van der Waals surface area contributed by atoms with Crippen LogP contribution in [0.25, 0.3) is 0 Å². The number of ether oxygens (including phenoxy) is 2. The van der Waals surface area contributed by atoms with Crippen molar-refractivity contribution in [2.24, 2.45) is 10.9 Å². The molecule has 0 saturated heterocycles. The average Bonchev–Trinajstić information content (AvgIpc) is 2.66. The van der Waals surface area contributed by atoms with Gasteiger partial charge in [-0.3, -0.25) is 9.79 Å². The molecule has 0 spiro atoms. The molecule has 0 amide bonds. The first-order valence-electron chi connectivity index (χ1n) is 9.68. The molecule has 160 valence electrons. The molecule has 2 heterocycles. The Labute approximate surface area is 172 Å². The highest BCUT2D eigenvalue weighted by atomic mass is 19.4. The molecular weight excluding hydrogens is 397 g/mol. The van der Waals surface area contributed by atoms with E-state index in [1.807, 2.05) is 0 Å². The van der Waals surface area contributed by atoms with Crippen LogP contribution in [-0.4, -0.2) is 29.4 Å². The SMILES string of the molecule is CCOC(=O)C1C(C)=Nc2ccnc(OC(C)C)c2C1c1ccccc1C(F)(F)F. The number of hydrogen-bond acceptors (Lipinski definition) is 5. The maximum atomic E-state index is 13.9. The second-order valence-corrected chi connectivity index (χ2v) is 7.26. The van der Waals surface area contributed by atoms with Crippen molar-refractivity contribution in [3.05, 3.63) is 53.2 Å². The van der Waals surface area contributed by atoms with E-state index in [1.54, 1.807) is 33.8 Å². The molecule has 0 bridgehead atoms. The number of aliphatic imine (C=N–C) groups is 1. The van der Waals surface area contributed by atoms with Gasteiger partial charge >= 0.3 is 12.1 Å². The number of nitrogens with zero attached hydrogens (tertiary/aromatic N) is 2. The van der Waals surface area contributed by atoms with Gasteiger partial charge < -0.3 is 9.47 Å². The Balaban J connectivity index is 2.32. The smallest absolute Gasteiger partial charge is 0.416 e. The minimum absolute atomic E-state index is 0.0415. The summed E-state index contributed by atoms with van der Waals surface area (Å²) in [5, 5.41) is 0. The van der Waals surface area contributed by atoms with Gasteiger partial charge in [0.05, 0.1) is 24.0 Å². The van der Waals surface area contributed by atoms with Crippen molar-refractivity contribution < 1.29 is 27.4 Å². The third kappa shape index (κ3) is 4.17. The molecule has 2 unspecified atom stereocenters. The van der Waals surface area contributed by atoms with Crippen LogP contribution in [0.4, 0.5) is 18.9 Å². The van der Waals surface area contributed by atoms with Crippen LogP contribution in [0.1, 0.15) is 50.3 Å². The molecule has 0 saturated carbocycles. The number of carbonyl (C=O) groups excluding carboxylic acids is 1. The van der Waals surface area contributed by atoms with Crippen molar-refractivity contribution in [2.75, 3.05) is 6.61 Å². The van der Waals surface area contributed by atoms with Gasteiger partial charge in [0.1, 0.15) is 5.92 Å². The van der Waals surface area contributed by atoms with Gasteiger partial charge in [-0.25, -0.2) is 4.98 Å². The van der Waals surface area contributed by atoms with Crippen LogP contribution in [0.5, 0.6) is 5.88 Å². The predicted molar refractivity (Wildman–Crippen MR) is 106 cm³/mol. The maximum absolute atomic E-state index is 13.9. The zero-order valence-electron chi connectivity index (χ0n) is 17.2. The van der Waals surface area contributed by atoms with Crippen molar-refractivity contribution in [3.8, 4) is 5.88 Å². The lowest BCUT2D eigenvalue weighted by atomic mass is 9.74. The summed E-state index contributed by atoms with van der Waals surface area (Å²) in [6.07, 6.45) is -3.37. The molecule has 2 atom stereocenters. The van der Waals surface area contributed by atoms with Crippen LogP contribution in [0.2, 0.25) is 0 Å². The summed E-state index contributed by atoms with van der Waals surface area (Å²) < 4.78 is 52.6. The molecule has 2 aromatic rings. The predicted octanol–water partition coefficient (Wildman–Crippen LogP) is 5.30. The van der Waals surface area contributed by atoms with Crippen LogP contribution in [0.3, 0.4) is 0 Å². The molecule has 1 aromatic carbocycles. The zero-order valence-corrected chi connectivity index (χ0v) is 17.2. The fourth-order valence-electron chi connectivity index (χ4n) is 3.72. The lowest BCUT2D eigenvalue weighted by molar-refractivity contribution is -0.147. The Kier molecular flexibility index (Phi) is 6.14. The summed E-state index contributed by atoms with van der Waals surface area (Å²) in [7, 11) is 0. The Morgan fingerprint density at radius 2 is 1.90 bits per heavy atom. The third-order valence-electron chi connectivity index (χ3n) is 4.81. The molecule has 30 heavy (non-hydrogen) atoms. The number of pyridine rings is 1. The van der Waals surface area contributed by atoms with Crippen LogP contribution < -0.4 is 4.74 Å². The van der Waals surface area contributed by atoms with Crippen LogP contribution in [0.15, 0.2) is 41.5 Å². The Bertz CT molecular complexity index is 970. The van der Waals surface area contributed by atoms with Gasteiger partial charge in [0.2, 0.25) is 5.88 Å². The number of halogens is 3. The molecule has 5 nitrogen and oxygen atoms in total. The third-order valence-corrected chi connectivity index (χ3v) is 4.81. The largest absolute Gasteiger partial charge is 0.475 e. The first-order chi connectivity index (χ1) is 14.1. The van der Waals surface area contributed by atoms with Crippen molar-refractivity contribution >= 4 is 17.4 Å². The second-order valence-electron chi connectivity index (χ2n) is 7.26. The monoisotopic (exact) mass is 420 g/mol.